The predicted octanol–water partition coefficient (Wildman–Crippen LogP) is 2.93. The molecular formula is C16H17NO. The van der Waals surface area contributed by atoms with E-state index in [0.29, 0.717) is 0 Å². The lowest BCUT2D eigenvalue weighted by atomic mass is 9.97. The quantitative estimate of drug-likeness (QED) is 0.889. The van der Waals surface area contributed by atoms with Gasteiger partial charge in [-0.25, -0.2) is 0 Å². The maximum absolute atomic E-state index is 5.55. The first-order chi connectivity index (χ1) is 8.88. The smallest absolute Gasteiger partial charge is 0.122 e. The summed E-state index contributed by atoms with van der Waals surface area (Å²) in [6, 6.07) is 17.3. The summed E-state index contributed by atoms with van der Waals surface area (Å²) in [6.07, 6.45) is 1.02. The van der Waals surface area contributed by atoms with Gasteiger partial charge in [-0.1, -0.05) is 42.5 Å². The van der Waals surface area contributed by atoms with Crippen molar-refractivity contribution in [3.05, 3.63) is 65.2 Å². The molecule has 0 amide bonds. The van der Waals surface area contributed by atoms with Crippen molar-refractivity contribution in [3.8, 4) is 5.75 Å². The number of benzene rings is 2. The van der Waals surface area contributed by atoms with Gasteiger partial charge >= 0.3 is 0 Å². The van der Waals surface area contributed by atoms with Gasteiger partial charge in [-0.2, -0.15) is 0 Å². The highest BCUT2D eigenvalue weighted by Gasteiger charge is 2.16. The fraction of sp³-hybridized carbons (Fsp3) is 0.250. The molecule has 2 nitrogen and oxygen atoms in total. The Morgan fingerprint density at radius 1 is 1.06 bits per heavy atom. The van der Waals surface area contributed by atoms with Crippen molar-refractivity contribution in [1.29, 1.82) is 0 Å². The van der Waals surface area contributed by atoms with Crippen molar-refractivity contribution in [1.82, 2.24) is 5.32 Å². The van der Waals surface area contributed by atoms with Crippen molar-refractivity contribution in [2.45, 2.75) is 12.5 Å². The van der Waals surface area contributed by atoms with E-state index in [1.165, 1.54) is 16.7 Å². The standard InChI is InChI=1S/C16H17NO/c1-17-16(12-5-3-2-4-6-12)14-7-8-15-13(11-14)9-10-18-15/h2-8,11,16-17H,9-10H2,1H3. The summed E-state index contributed by atoms with van der Waals surface area (Å²) in [6.45, 7) is 0.814. The van der Waals surface area contributed by atoms with Gasteiger partial charge in [0.05, 0.1) is 12.6 Å². The van der Waals surface area contributed by atoms with Gasteiger partial charge in [-0.3, -0.25) is 0 Å². The van der Waals surface area contributed by atoms with Crippen LogP contribution in [-0.2, 0) is 6.42 Å². The van der Waals surface area contributed by atoms with E-state index in [4.69, 9.17) is 4.74 Å². The van der Waals surface area contributed by atoms with E-state index in [9.17, 15) is 0 Å². The molecule has 0 fully saturated rings. The van der Waals surface area contributed by atoms with Gasteiger partial charge < -0.3 is 10.1 Å². The number of ether oxygens (including phenoxy) is 1. The average molecular weight is 239 g/mol. The summed E-state index contributed by atoms with van der Waals surface area (Å²) >= 11 is 0. The van der Waals surface area contributed by atoms with E-state index in [-0.39, 0.29) is 6.04 Å². The third-order valence-electron chi connectivity index (χ3n) is 3.47. The Balaban J connectivity index is 1.97. The molecule has 0 aromatic heterocycles. The first kappa shape index (κ1) is 11.3. The second kappa shape index (κ2) is 4.83. The molecule has 0 saturated heterocycles. The summed E-state index contributed by atoms with van der Waals surface area (Å²) in [7, 11) is 2.00. The van der Waals surface area contributed by atoms with Crippen LogP contribution in [0.3, 0.4) is 0 Å². The summed E-state index contributed by atoms with van der Waals surface area (Å²) in [5.41, 5.74) is 3.91. The van der Waals surface area contributed by atoms with Crippen LogP contribution in [0.4, 0.5) is 0 Å². The van der Waals surface area contributed by atoms with E-state index in [2.05, 4.69) is 47.8 Å². The molecule has 2 heteroatoms. The minimum atomic E-state index is 0.247. The van der Waals surface area contributed by atoms with Crippen LogP contribution in [0.25, 0.3) is 0 Å². The van der Waals surface area contributed by atoms with Gasteiger partial charge in [-0.05, 0) is 29.8 Å². The fourth-order valence-electron chi connectivity index (χ4n) is 2.56. The highest BCUT2D eigenvalue weighted by molar-refractivity contribution is 5.43. The largest absolute Gasteiger partial charge is 0.493 e. The lowest BCUT2D eigenvalue weighted by Crippen LogP contribution is -2.17. The summed E-state index contributed by atoms with van der Waals surface area (Å²) < 4.78 is 5.55. The normalized spacial score (nSPS) is 14.9. The van der Waals surface area contributed by atoms with Gasteiger partial charge in [-0.15, -0.1) is 0 Å². The van der Waals surface area contributed by atoms with Crippen molar-refractivity contribution in [3.63, 3.8) is 0 Å². The van der Waals surface area contributed by atoms with Crippen molar-refractivity contribution in [2.75, 3.05) is 13.7 Å². The number of nitrogens with one attached hydrogen (secondary N) is 1. The molecule has 2 aromatic rings. The molecule has 0 bridgehead atoms. The Kier molecular flexibility index (Phi) is 3.03. The molecular weight excluding hydrogens is 222 g/mol. The Morgan fingerprint density at radius 3 is 2.67 bits per heavy atom. The van der Waals surface area contributed by atoms with Crippen molar-refractivity contribution < 1.29 is 4.74 Å². The van der Waals surface area contributed by atoms with Crippen molar-refractivity contribution >= 4 is 0 Å². The first-order valence-electron chi connectivity index (χ1n) is 6.36. The van der Waals surface area contributed by atoms with Crippen molar-refractivity contribution in [2.24, 2.45) is 0 Å². The summed E-state index contributed by atoms with van der Waals surface area (Å²) in [5, 5.41) is 3.38. The lowest BCUT2D eigenvalue weighted by molar-refractivity contribution is 0.357. The third-order valence-corrected chi connectivity index (χ3v) is 3.47. The highest BCUT2D eigenvalue weighted by atomic mass is 16.5. The zero-order chi connectivity index (χ0) is 12.4. The van der Waals surface area contributed by atoms with E-state index in [1.807, 2.05) is 13.1 Å². The fourth-order valence-corrected chi connectivity index (χ4v) is 2.56. The maximum atomic E-state index is 5.55. The van der Waals surface area contributed by atoms with Crippen LogP contribution in [0.5, 0.6) is 5.75 Å². The molecule has 1 N–H and O–H groups in total. The van der Waals surface area contributed by atoms with E-state index in [1.54, 1.807) is 0 Å². The molecule has 92 valence electrons. The molecule has 2 aromatic carbocycles. The lowest BCUT2D eigenvalue weighted by Gasteiger charge is -2.18. The molecule has 3 rings (SSSR count). The number of hydrogen-bond acceptors (Lipinski definition) is 2. The number of fused-ring (bicyclic) bond motifs is 1. The molecule has 18 heavy (non-hydrogen) atoms. The maximum Gasteiger partial charge on any atom is 0.122 e. The third kappa shape index (κ3) is 2.00. The van der Waals surface area contributed by atoms with Gasteiger partial charge in [0, 0.05) is 6.42 Å². The minimum Gasteiger partial charge on any atom is -0.493 e. The number of hydrogen-bond donors (Lipinski definition) is 1. The molecule has 0 spiro atoms. The molecule has 0 radical (unpaired) electrons. The highest BCUT2D eigenvalue weighted by Crippen LogP contribution is 2.30. The topological polar surface area (TPSA) is 21.3 Å². The molecule has 1 aliphatic rings. The first-order valence-corrected chi connectivity index (χ1v) is 6.36. The van der Waals surface area contributed by atoms with E-state index < -0.39 is 0 Å². The second-order valence-electron chi connectivity index (χ2n) is 4.60. The van der Waals surface area contributed by atoms with Crippen LogP contribution in [0.15, 0.2) is 48.5 Å². The Morgan fingerprint density at radius 2 is 1.89 bits per heavy atom. The molecule has 1 aliphatic heterocycles. The SMILES string of the molecule is CNC(c1ccccc1)c1ccc2c(c1)CCO2. The molecule has 1 heterocycles. The Labute approximate surface area is 108 Å². The monoisotopic (exact) mass is 239 g/mol. The molecule has 0 aliphatic carbocycles. The zero-order valence-corrected chi connectivity index (χ0v) is 10.5. The van der Waals surface area contributed by atoms with Crippen LogP contribution >= 0.6 is 0 Å². The Hall–Kier alpha value is -1.80. The van der Waals surface area contributed by atoms with Crippen LogP contribution in [-0.4, -0.2) is 13.7 Å². The van der Waals surface area contributed by atoms with E-state index >= 15 is 0 Å². The van der Waals surface area contributed by atoms with Gasteiger partial charge in [0.1, 0.15) is 5.75 Å². The molecule has 1 unspecified atom stereocenters. The molecule has 0 saturated carbocycles. The van der Waals surface area contributed by atoms with Gasteiger partial charge in [0.2, 0.25) is 0 Å². The zero-order valence-electron chi connectivity index (χ0n) is 10.5. The second-order valence-corrected chi connectivity index (χ2v) is 4.60. The van der Waals surface area contributed by atoms with Gasteiger partial charge in [0.15, 0.2) is 0 Å². The predicted molar refractivity (Wildman–Crippen MR) is 73.0 cm³/mol. The van der Waals surface area contributed by atoms with Crippen LogP contribution in [0, 0.1) is 0 Å². The Bertz CT molecular complexity index is 536. The minimum absolute atomic E-state index is 0.247. The summed E-state index contributed by atoms with van der Waals surface area (Å²) in [5.74, 6) is 1.04. The van der Waals surface area contributed by atoms with Crippen LogP contribution < -0.4 is 10.1 Å². The summed E-state index contributed by atoms with van der Waals surface area (Å²) in [4.78, 5) is 0. The van der Waals surface area contributed by atoms with Crippen LogP contribution in [0.2, 0.25) is 0 Å². The van der Waals surface area contributed by atoms with Gasteiger partial charge in [0.25, 0.3) is 0 Å². The van der Waals surface area contributed by atoms with Crippen LogP contribution in [0.1, 0.15) is 22.7 Å². The molecule has 1 atom stereocenters. The van der Waals surface area contributed by atoms with E-state index in [0.717, 1.165) is 18.8 Å². The average Bonchev–Trinajstić information content (AvgIpc) is 2.88. The number of rotatable bonds is 3.